The van der Waals surface area contributed by atoms with Gasteiger partial charge in [-0.3, -0.25) is 14.4 Å². The van der Waals surface area contributed by atoms with Gasteiger partial charge in [0.15, 0.2) is 0 Å². The van der Waals surface area contributed by atoms with E-state index in [1.807, 2.05) is 61.5 Å². The molecule has 168 valence electrons. The van der Waals surface area contributed by atoms with Crippen LogP contribution in [0.15, 0.2) is 78.9 Å². The predicted octanol–water partition coefficient (Wildman–Crippen LogP) is 3.96. The lowest BCUT2D eigenvalue weighted by atomic mass is 10.1. The van der Waals surface area contributed by atoms with Crippen LogP contribution in [0.2, 0.25) is 0 Å². The first-order valence-electron chi connectivity index (χ1n) is 11.1. The first-order valence-corrected chi connectivity index (χ1v) is 11.1. The van der Waals surface area contributed by atoms with Crippen molar-refractivity contribution in [3.05, 3.63) is 95.6 Å². The van der Waals surface area contributed by atoms with Gasteiger partial charge in [-0.15, -0.1) is 0 Å². The fourth-order valence-corrected chi connectivity index (χ4v) is 4.07. The molecule has 0 aliphatic carbocycles. The summed E-state index contributed by atoms with van der Waals surface area (Å²) in [7, 11) is 0. The van der Waals surface area contributed by atoms with Crippen molar-refractivity contribution in [2.24, 2.45) is 5.92 Å². The van der Waals surface area contributed by atoms with E-state index in [2.05, 4.69) is 10.6 Å². The molecular formula is C27H27N3O3. The number of para-hydroxylation sites is 2. The lowest BCUT2D eigenvalue weighted by Gasteiger charge is -2.19. The average Bonchev–Trinajstić information content (AvgIpc) is 3.22. The molecule has 0 saturated carbocycles. The zero-order valence-corrected chi connectivity index (χ0v) is 18.6. The minimum Gasteiger partial charge on any atom is -0.352 e. The van der Waals surface area contributed by atoms with E-state index in [1.54, 1.807) is 29.2 Å². The molecule has 3 amide bonds. The Morgan fingerprint density at radius 2 is 1.64 bits per heavy atom. The number of benzene rings is 3. The van der Waals surface area contributed by atoms with Crippen molar-refractivity contribution in [3.8, 4) is 0 Å². The Labute approximate surface area is 193 Å². The number of carbonyl (C=O) groups is 3. The normalized spacial score (nSPS) is 15.4. The largest absolute Gasteiger partial charge is 0.352 e. The minimum absolute atomic E-state index is 0.0728. The summed E-state index contributed by atoms with van der Waals surface area (Å²) in [4.78, 5) is 40.0. The molecule has 6 heteroatoms. The maximum absolute atomic E-state index is 13.0. The van der Waals surface area contributed by atoms with Crippen LogP contribution in [0.3, 0.4) is 0 Å². The van der Waals surface area contributed by atoms with Crippen LogP contribution in [0.25, 0.3) is 0 Å². The summed E-state index contributed by atoms with van der Waals surface area (Å²) in [6, 6.07) is 24.5. The molecule has 1 heterocycles. The van der Waals surface area contributed by atoms with E-state index in [-0.39, 0.29) is 24.1 Å². The van der Waals surface area contributed by atoms with Crippen molar-refractivity contribution in [3.63, 3.8) is 0 Å². The molecule has 6 nitrogen and oxygen atoms in total. The Kier molecular flexibility index (Phi) is 6.83. The fraction of sp³-hybridized carbons (Fsp3) is 0.222. The number of nitrogens with one attached hydrogen (secondary N) is 2. The van der Waals surface area contributed by atoms with Crippen LogP contribution in [0, 0.1) is 12.8 Å². The minimum atomic E-state index is -0.480. The van der Waals surface area contributed by atoms with Crippen molar-refractivity contribution in [2.75, 3.05) is 23.3 Å². The second-order valence-corrected chi connectivity index (χ2v) is 8.22. The first kappa shape index (κ1) is 22.3. The highest BCUT2D eigenvalue weighted by Crippen LogP contribution is 2.28. The van der Waals surface area contributed by atoms with Crippen LogP contribution in [0.1, 0.15) is 27.9 Å². The van der Waals surface area contributed by atoms with Crippen LogP contribution < -0.4 is 15.5 Å². The molecule has 1 fully saturated rings. The van der Waals surface area contributed by atoms with E-state index in [0.29, 0.717) is 24.3 Å². The summed E-state index contributed by atoms with van der Waals surface area (Å²) in [6.07, 6.45) is 0.867. The number of hydrogen-bond acceptors (Lipinski definition) is 3. The van der Waals surface area contributed by atoms with E-state index in [4.69, 9.17) is 0 Å². The topological polar surface area (TPSA) is 78.5 Å². The zero-order valence-electron chi connectivity index (χ0n) is 18.6. The third-order valence-corrected chi connectivity index (χ3v) is 5.87. The third-order valence-electron chi connectivity index (χ3n) is 5.87. The highest BCUT2D eigenvalue weighted by Gasteiger charge is 2.35. The average molecular weight is 442 g/mol. The molecule has 1 saturated heterocycles. The van der Waals surface area contributed by atoms with Crippen LogP contribution in [-0.4, -0.2) is 30.8 Å². The van der Waals surface area contributed by atoms with Crippen LogP contribution in [0.5, 0.6) is 0 Å². The SMILES string of the molecule is Cc1ccccc1N1C[C@@H](C(=O)Nc2ccccc2C(=O)NCCc2ccccc2)CC1=O. The van der Waals surface area contributed by atoms with Gasteiger partial charge in [-0.1, -0.05) is 60.7 Å². The van der Waals surface area contributed by atoms with E-state index < -0.39 is 5.92 Å². The number of anilines is 2. The van der Waals surface area contributed by atoms with Gasteiger partial charge in [0, 0.05) is 25.2 Å². The van der Waals surface area contributed by atoms with Crippen LogP contribution in [0.4, 0.5) is 11.4 Å². The highest BCUT2D eigenvalue weighted by molar-refractivity contribution is 6.07. The molecule has 33 heavy (non-hydrogen) atoms. The molecule has 3 aromatic rings. The summed E-state index contributed by atoms with van der Waals surface area (Å²) in [6.45, 7) is 2.76. The Morgan fingerprint density at radius 1 is 0.939 bits per heavy atom. The van der Waals surface area contributed by atoms with Gasteiger partial charge < -0.3 is 15.5 Å². The van der Waals surface area contributed by atoms with Crippen LogP contribution in [-0.2, 0) is 16.0 Å². The van der Waals surface area contributed by atoms with Crippen molar-refractivity contribution in [2.45, 2.75) is 19.8 Å². The lowest BCUT2D eigenvalue weighted by molar-refractivity contribution is -0.122. The molecular weight excluding hydrogens is 414 g/mol. The molecule has 1 aliphatic rings. The maximum Gasteiger partial charge on any atom is 0.253 e. The Hall–Kier alpha value is -3.93. The van der Waals surface area contributed by atoms with Crippen LogP contribution >= 0.6 is 0 Å². The van der Waals surface area contributed by atoms with Gasteiger partial charge in [-0.2, -0.15) is 0 Å². The second-order valence-electron chi connectivity index (χ2n) is 8.22. The van der Waals surface area contributed by atoms with Crippen molar-refractivity contribution in [1.82, 2.24) is 5.32 Å². The standard InChI is InChI=1S/C27H27N3O3/c1-19-9-5-8-14-24(19)30-18-21(17-25(30)31)26(32)29-23-13-7-6-12-22(23)27(33)28-16-15-20-10-3-2-4-11-20/h2-14,21H,15-18H2,1H3,(H,28,33)(H,29,32)/t21-/m0/s1. The molecule has 0 unspecified atom stereocenters. The Bertz CT molecular complexity index is 1160. The second kappa shape index (κ2) is 10.1. The van der Waals surface area contributed by atoms with Gasteiger partial charge in [-0.25, -0.2) is 0 Å². The van der Waals surface area contributed by atoms with Gasteiger partial charge in [0.1, 0.15) is 0 Å². The number of aryl methyl sites for hydroxylation is 1. The van der Waals surface area contributed by atoms with Crippen molar-refractivity contribution < 1.29 is 14.4 Å². The molecule has 0 radical (unpaired) electrons. The van der Waals surface area contributed by atoms with E-state index >= 15 is 0 Å². The predicted molar refractivity (Wildman–Crippen MR) is 129 cm³/mol. The fourth-order valence-electron chi connectivity index (χ4n) is 4.07. The summed E-state index contributed by atoms with van der Waals surface area (Å²) in [5.41, 5.74) is 3.81. The number of rotatable bonds is 7. The Morgan fingerprint density at radius 3 is 2.42 bits per heavy atom. The van der Waals surface area contributed by atoms with Gasteiger partial charge in [-0.05, 0) is 42.7 Å². The number of amides is 3. The molecule has 0 spiro atoms. The quantitative estimate of drug-likeness (QED) is 0.583. The number of nitrogens with zero attached hydrogens (tertiary/aromatic N) is 1. The number of carbonyl (C=O) groups excluding carboxylic acids is 3. The smallest absolute Gasteiger partial charge is 0.253 e. The van der Waals surface area contributed by atoms with Crippen molar-refractivity contribution >= 4 is 29.1 Å². The van der Waals surface area contributed by atoms with Gasteiger partial charge >= 0.3 is 0 Å². The Balaban J connectivity index is 1.39. The summed E-state index contributed by atoms with van der Waals surface area (Å²) < 4.78 is 0. The van der Waals surface area contributed by atoms with E-state index in [1.165, 1.54) is 0 Å². The molecule has 1 atom stereocenters. The molecule has 0 bridgehead atoms. The molecule has 2 N–H and O–H groups in total. The molecule has 4 rings (SSSR count). The van der Waals surface area contributed by atoms with Gasteiger partial charge in [0.2, 0.25) is 11.8 Å². The van der Waals surface area contributed by atoms with Crippen molar-refractivity contribution in [1.29, 1.82) is 0 Å². The van der Waals surface area contributed by atoms with Gasteiger partial charge in [0.05, 0.1) is 17.2 Å². The number of hydrogen-bond donors (Lipinski definition) is 2. The van der Waals surface area contributed by atoms with Gasteiger partial charge in [0.25, 0.3) is 5.91 Å². The molecule has 3 aromatic carbocycles. The van der Waals surface area contributed by atoms with E-state index in [0.717, 1.165) is 23.2 Å². The maximum atomic E-state index is 13.0. The van der Waals surface area contributed by atoms with E-state index in [9.17, 15) is 14.4 Å². The lowest BCUT2D eigenvalue weighted by Crippen LogP contribution is -2.30. The summed E-state index contributed by atoms with van der Waals surface area (Å²) in [5.74, 6) is -1.06. The zero-order chi connectivity index (χ0) is 23.2. The summed E-state index contributed by atoms with van der Waals surface area (Å²) >= 11 is 0. The monoisotopic (exact) mass is 441 g/mol. The third kappa shape index (κ3) is 5.29. The first-order chi connectivity index (χ1) is 16.0. The highest BCUT2D eigenvalue weighted by atomic mass is 16.2. The summed E-state index contributed by atoms with van der Waals surface area (Å²) in [5, 5.41) is 5.79. The molecule has 1 aliphatic heterocycles. The molecule has 0 aromatic heterocycles.